The van der Waals surface area contributed by atoms with Crippen molar-refractivity contribution >= 4 is 5.82 Å². The largest absolute Gasteiger partial charge is 0.351 e. The molecular formula is C14H21N5. The summed E-state index contributed by atoms with van der Waals surface area (Å²) in [6, 6.07) is 2.66. The van der Waals surface area contributed by atoms with Crippen LogP contribution in [0.25, 0.3) is 0 Å². The zero-order valence-corrected chi connectivity index (χ0v) is 11.8. The molecule has 2 unspecified atom stereocenters. The van der Waals surface area contributed by atoms with E-state index in [1.165, 1.54) is 0 Å². The minimum atomic E-state index is 0.381. The molecule has 0 bridgehead atoms. The van der Waals surface area contributed by atoms with Crippen LogP contribution in [0.3, 0.4) is 0 Å². The van der Waals surface area contributed by atoms with Crippen LogP contribution in [0.2, 0.25) is 0 Å². The Bertz CT molecular complexity index is 505. The highest BCUT2D eigenvalue weighted by Crippen LogP contribution is 2.29. The number of anilines is 1. The number of hydrogen-bond acceptors (Lipinski definition) is 5. The fourth-order valence-electron chi connectivity index (χ4n) is 2.60. The zero-order chi connectivity index (χ0) is 14.0. The maximum absolute atomic E-state index is 9.39. The first-order valence-corrected chi connectivity index (χ1v) is 6.79. The van der Waals surface area contributed by atoms with E-state index in [2.05, 4.69) is 28.1 Å². The van der Waals surface area contributed by atoms with Gasteiger partial charge in [-0.15, -0.1) is 5.10 Å². The van der Waals surface area contributed by atoms with Crippen molar-refractivity contribution in [2.75, 3.05) is 18.0 Å². The average molecular weight is 259 g/mol. The van der Waals surface area contributed by atoms with Gasteiger partial charge >= 0.3 is 0 Å². The maximum atomic E-state index is 9.39. The molecule has 0 spiro atoms. The van der Waals surface area contributed by atoms with Gasteiger partial charge in [0.25, 0.3) is 0 Å². The van der Waals surface area contributed by atoms with Gasteiger partial charge < -0.3 is 10.6 Å². The zero-order valence-electron chi connectivity index (χ0n) is 11.8. The molecule has 1 aliphatic rings. The quantitative estimate of drug-likeness (QED) is 0.871. The number of hydrogen-bond donors (Lipinski definition) is 1. The summed E-state index contributed by atoms with van der Waals surface area (Å²) in [5, 5.41) is 17.8. The Labute approximate surface area is 114 Å². The average Bonchev–Trinajstić information content (AvgIpc) is 2.42. The van der Waals surface area contributed by atoms with Crippen molar-refractivity contribution in [2.24, 2.45) is 11.7 Å². The summed E-state index contributed by atoms with van der Waals surface area (Å²) < 4.78 is 0. The lowest BCUT2D eigenvalue weighted by molar-refractivity contribution is 0.371. The second-order valence-corrected chi connectivity index (χ2v) is 5.40. The number of piperidine rings is 1. The Morgan fingerprint density at radius 3 is 2.74 bits per heavy atom. The predicted molar refractivity (Wildman–Crippen MR) is 74.8 cm³/mol. The van der Waals surface area contributed by atoms with Crippen LogP contribution in [0.5, 0.6) is 0 Å². The van der Waals surface area contributed by atoms with Crippen LogP contribution in [0.15, 0.2) is 0 Å². The minimum Gasteiger partial charge on any atom is -0.351 e. The molecule has 2 rings (SSSR count). The topological polar surface area (TPSA) is 78.8 Å². The van der Waals surface area contributed by atoms with Crippen LogP contribution in [0.1, 0.15) is 36.6 Å². The van der Waals surface area contributed by atoms with Crippen molar-refractivity contribution in [3.8, 4) is 6.07 Å². The van der Waals surface area contributed by atoms with Gasteiger partial charge in [-0.1, -0.05) is 0 Å². The molecular weight excluding hydrogens is 238 g/mol. The first kappa shape index (κ1) is 13.8. The third-order valence-corrected chi connectivity index (χ3v) is 4.13. The number of aryl methyl sites for hydroxylation is 1. The van der Waals surface area contributed by atoms with E-state index in [-0.39, 0.29) is 0 Å². The maximum Gasteiger partial charge on any atom is 0.169 e. The monoisotopic (exact) mass is 259 g/mol. The molecule has 2 heterocycles. The van der Waals surface area contributed by atoms with Crippen molar-refractivity contribution in [3.63, 3.8) is 0 Å². The molecule has 1 fully saturated rings. The van der Waals surface area contributed by atoms with Gasteiger partial charge in [-0.05, 0) is 51.6 Å². The van der Waals surface area contributed by atoms with Crippen LogP contribution in [0, 0.1) is 31.1 Å². The van der Waals surface area contributed by atoms with E-state index in [1.807, 2.05) is 13.8 Å². The molecule has 102 valence electrons. The summed E-state index contributed by atoms with van der Waals surface area (Å²) in [6.07, 6.45) is 2.23. The first-order chi connectivity index (χ1) is 9.08. The highest BCUT2D eigenvalue weighted by atomic mass is 15.3. The predicted octanol–water partition coefficient (Wildman–Crippen LogP) is 1.53. The molecule has 19 heavy (non-hydrogen) atoms. The van der Waals surface area contributed by atoms with Gasteiger partial charge in [0.1, 0.15) is 11.6 Å². The SMILES string of the molecule is Cc1nnc(N2CC(CN)CCC2C)c(C#N)c1C. The summed E-state index contributed by atoms with van der Waals surface area (Å²) >= 11 is 0. The highest BCUT2D eigenvalue weighted by molar-refractivity contribution is 5.58. The molecule has 0 radical (unpaired) electrons. The number of nitrogens with zero attached hydrogens (tertiary/aromatic N) is 4. The summed E-state index contributed by atoms with van der Waals surface area (Å²) in [5.74, 6) is 1.20. The van der Waals surface area contributed by atoms with E-state index in [1.54, 1.807) is 0 Å². The van der Waals surface area contributed by atoms with E-state index >= 15 is 0 Å². The molecule has 1 saturated heterocycles. The lowest BCUT2D eigenvalue weighted by atomic mass is 9.93. The lowest BCUT2D eigenvalue weighted by Gasteiger charge is -2.38. The van der Waals surface area contributed by atoms with Gasteiger partial charge in [-0.3, -0.25) is 0 Å². The minimum absolute atomic E-state index is 0.381. The van der Waals surface area contributed by atoms with Crippen molar-refractivity contribution in [2.45, 2.75) is 39.7 Å². The van der Waals surface area contributed by atoms with E-state index in [4.69, 9.17) is 5.73 Å². The van der Waals surface area contributed by atoms with Gasteiger partial charge in [-0.2, -0.15) is 10.4 Å². The van der Waals surface area contributed by atoms with Crippen molar-refractivity contribution in [3.05, 3.63) is 16.8 Å². The van der Waals surface area contributed by atoms with Gasteiger partial charge in [0.2, 0.25) is 0 Å². The van der Waals surface area contributed by atoms with Gasteiger partial charge in [-0.25, -0.2) is 0 Å². The standard InChI is InChI=1S/C14H21N5/c1-9-4-5-12(6-15)8-19(9)14-13(7-16)10(2)11(3)17-18-14/h9,12H,4-6,8,15H2,1-3H3. The Morgan fingerprint density at radius 1 is 1.37 bits per heavy atom. The molecule has 1 aromatic rings. The number of nitriles is 1. The smallest absolute Gasteiger partial charge is 0.169 e. The van der Waals surface area contributed by atoms with Crippen molar-refractivity contribution in [1.29, 1.82) is 5.26 Å². The Balaban J connectivity index is 2.40. The lowest BCUT2D eigenvalue weighted by Crippen LogP contribution is -2.45. The second-order valence-electron chi connectivity index (χ2n) is 5.40. The van der Waals surface area contributed by atoms with Crippen molar-refractivity contribution < 1.29 is 0 Å². The molecule has 2 N–H and O–H groups in total. The van der Waals surface area contributed by atoms with Crippen LogP contribution in [-0.2, 0) is 0 Å². The molecule has 1 aromatic heterocycles. The first-order valence-electron chi connectivity index (χ1n) is 6.79. The second kappa shape index (κ2) is 5.54. The fraction of sp³-hybridized carbons (Fsp3) is 0.643. The third kappa shape index (κ3) is 2.54. The molecule has 1 aliphatic heterocycles. The number of rotatable bonds is 2. The van der Waals surface area contributed by atoms with Crippen LogP contribution in [0.4, 0.5) is 5.82 Å². The molecule has 2 atom stereocenters. The van der Waals surface area contributed by atoms with Gasteiger partial charge in [0.05, 0.1) is 5.69 Å². The Kier molecular flexibility index (Phi) is 4.01. The number of nitrogens with two attached hydrogens (primary N) is 1. The van der Waals surface area contributed by atoms with E-state index in [0.717, 1.165) is 36.5 Å². The molecule has 0 saturated carbocycles. The van der Waals surface area contributed by atoms with E-state index in [9.17, 15) is 5.26 Å². The van der Waals surface area contributed by atoms with E-state index < -0.39 is 0 Å². The van der Waals surface area contributed by atoms with E-state index in [0.29, 0.717) is 24.1 Å². The third-order valence-electron chi connectivity index (χ3n) is 4.13. The van der Waals surface area contributed by atoms with Crippen LogP contribution >= 0.6 is 0 Å². The molecule has 5 heteroatoms. The van der Waals surface area contributed by atoms with Crippen LogP contribution < -0.4 is 10.6 Å². The Hall–Kier alpha value is -1.67. The number of aromatic nitrogens is 2. The van der Waals surface area contributed by atoms with Crippen LogP contribution in [-0.4, -0.2) is 29.3 Å². The Morgan fingerprint density at radius 2 is 2.11 bits per heavy atom. The molecule has 0 amide bonds. The fourth-order valence-corrected chi connectivity index (χ4v) is 2.60. The van der Waals surface area contributed by atoms with Gasteiger partial charge in [0.15, 0.2) is 5.82 Å². The molecule has 0 aliphatic carbocycles. The normalized spacial score (nSPS) is 23.2. The summed E-state index contributed by atoms with van der Waals surface area (Å²) in [5.41, 5.74) is 8.18. The van der Waals surface area contributed by atoms with Gasteiger partial charge in [0, 0.05) is 12.6 Å². The summed E-state index contributed by atoms with van der Waals surface area (Å²) in [7, 11) is 0. The highest BCUT2D eigenvalue weighted by Gasteiger charge is 2.28. The molecule has 5 nitrogen and oxygen atoms in total. The summed E-state index contributed by atoms with van der Waals surface area (Å²) in [4.78, 5) is 2.19. The molecule has 0 aromatic carbocycles. The summed E-state index contributed by atoms with van der Waals surface area (Å²) in [6.45, 7) is 7.54. The van der Waals surface area contributed by atoms with Crippen molar-refractivity contribution in [1.82, 2.24) is 10.2 Å².